The molecule has 150 valence electrons. The first-order chi connectivity index (χ1) is 13.8. The molecule has 0 atom stereocenters. The molecule has 5 nitrogen and oxygen atoms in total. The summed E-state index contributed by atoms with van der Waals surface area (Å²) in [7, 11) is 0. The number of nitrogens with zero attached hydrogens (tertiary/aromatic N) is 1. The first-order valence-corrected chi connectivity index (χ1v) is 9.62. The Kier molecular flexibility index (Phi) is 6.33. The number of halogens is 2. The van der Waals surface area contributed by atoms with Crippen molar-refractivity contribution in [2.45, 2.75) is 26.9 Å². The number of aryl methyl sites for hydroxylation is 2. The Bertz CT molecular complexity index is 1050. The van der Waals surface area contributed by atoms with Gasteiger partial charge in [0.25, 0.3) is 0 Å². The highest BCUT2D eigenvalue weighted by molar-refractivity contribution is 7.09. The van der Waals surface area contributed by atoms with Gasteiger partial charge in [0.2, 0.25) is 5.91 Å². The Morgan fingerprint density at radius 1 is 1.10 bits per heavy atom. The molecule has 0 aliphatic rings. The van der Waals surface area contributed by atoms with Crippen LogP contribution in [0.15, 0.2) is 41.8 Å². The zero-order chi connectivity index (χ0) is 21.0. The third kappa shape index (κ3) is 5.68. The lowest BCUT2D eigenvalue weighted by atomic mass is 10.1. The summed E-state index contributed by atoms with van der Waals surface area (Å²) in [4.78, 5) is 28.5. The van der Waals surface area contributed by atoms with Gasteiger partial charge in [0.15, 0.2) is 0 Å². The van der Waals surface area contributed by atoms with Crippen LogP contribution in [0.25, 0.3) is 0 Å². The van der Waals surface area contributed by atoms with Crippen molar-refractivity contribution in [3.8, 4) is 0 Å². The first-order valence-electron chi connectivity index (χ1n) is 8.74. The van der Waals surface area contributed by atoms with Gasteiger partial charge in [-0.2, -0.15) is 0 Å². The monoisotopic (exact) mass is 416 g/mol. The lowest BCUT2D eigenvalue weighted by Crippen LogP contribution is -2.15. The largest absolute Gasteiger partial charge is 0.456 e. The molecule has 0 aliphatic heterocycles. The molecule has 29 heavy (non-hydrogen) atoms. The molecular weight excluding hydrogens is 398 g/mol. The molecule has 0 saturated heterocycles. The van der Waals surface area contributed by atoms with Crippen molar-refractivity contribution in [3.63, 3.8) is 0 Å². The minimum atomic E-state index is -0.859. The van der Waals surface area contributed by atoms with Gasteiger partial charge in [-0.25, -0.2) is 18.6 Å². The number of rotatable bonds is 6. The Hall–Kier alpha value is -3.13. The van der Waals surface area contributed by atoms with Crippen molar-refractivity contribution in [1.82, 2.24) is 4.98 Å². The van der Waals surface area contributed by atoms with Gasteiger partial charge in [-0.1, -0.05) is 12.1 Å². The quantitative estimate of drug-likeness (QED) is 0.598. The summed E-state index contributed by atoms with van der Waals surface area (Å²) in [6, 6.07) is 8.27. The summed E-state index contributed by atoms with van der Waals surface area (Å²) < 4.78 is 31.4. The van der Waals surface area contributed by atoms with Crippen molar-refractivity contribution in [2.24, 2.45) is 0 Å². The van der Waals surface area contributed by atoms with Crippen molar-refractivity contribution in [2.75, 3.05) is 5.32 Å². The van der Waals surface area contributed by atoms with Crippen molar-refractivity contribution >= 4 is 28.9 Å². The number of nitrogens with one attached hydrogen (secondary N) is 1. The van der Waals surface area contributed by atoms with Crippen molar-refractivity contribution < 1.29 is 23.1 Å². The lowest BCUT2D eigenvalue weighted by molar-refractivity contribution is -0.115. The number of carbonyl (C=O) groups excluding carboxylic acids is 2. The number of hydrogen-bond acceptors (Lipinski definition) is 5. The SMILES string of the molecule is Cc1ccc(C)c(NC(=O)Cc2nc(COC(=O)c3cc(F)cc(F)c3)cs2)c1. The van der Waals surface area contributed by atoms with E-state index in [-0.39, 0.29) is 24.5 Å². The van der Waals surface area contributed by atoms with Gasteiger partial charge >= 0.3 is 5.97 Å². The maximum absolute atomic E-state index is 13.2. The van der Waals surface area contributed by atoms with E-state index in [2.05, 4.69) is 10.3 Å². The van der Waals surface area contributed by atoms with Gasteiger partial charge in [-0.05, 0) is 43.2 Å². The van der Waals surface area contributed by atoms with E-state index in [0.717, 1.165) is 28.9 Å². The summed E-state index contributed by atoms with van der Waals surface area (Å²) in [6.07, 6.45) is 0.0844. The Morgan fingerprint density at radius 3 is 2.55 bits per heavy atom. The van der Waals surface area contributed by atoms with Crippen LogP contribution in [0.5, 0.6) is 0 Å². The summed E-state index contributed by atoms with van der Waals surface area (Å²) in [6.45, 7) is 3.70. The molecule has 1 amide bonds. The zero-order valence-electron chi connectivity index (χ0n) is 15.8. The van der Waals surface area contributed by atoms with Gasteiger partial charge in [0.1, 0.15) is 23.2 Å². The van der Waals surface area contributed by atoms with Gasteiger partial charge in [0, 0.05) is 17.1 Å². The fourth-order valence-corrected chi connectivity index (χ4v) is 3.37. The summed E-state index contributed by atoms with van der Waals surface area (Å²) in [5.74, 6) is -2.78. The predicted molar refractivity (Wildman–Crippen MR) is 106 cm³/mol. The van der Waals surface area contributed by atoms with Crippen molar-refractivity contribution in [1.29, 1.82) is 0 Å². The number of thiazole rings is 1. The molecule has 0 aliphatic carbocycles. The molecule has 1 heterocycles. The summed E-state index contributed by atoms with van der Waals surface area (Å²) >= 11 is 1.26. The van der Waals surface area contributed by atoms with Crippen LogP contribution in [0.1, 0.15) is 32.2 Å². The number of esters is 1. The van der Waals surface area contributed by atoms with Crippen LogP contribution in [-0.4, -0.2) is 16.9 Å². The Morgan fingerprint density at radius 2 is 1.83 bits per heavy atom. The predicted octanol–water partition coefficient (Wildman–Crippen LogP) is 4.58. The molecular formula is C21H18F2N2O3S. The molecule has 3 aromatic rings. The van der Waals surface area contributed by atoms with Crippen LogP contribution in [-0.2, 0) is 22.6 Å². The minimum absolute atomic E-state index is 0.0844. The average Bonchev–Trinajstić information content (AvgIpc) is 3.09. The number of hydrogen-bond donors (Lipinski definition) is 1. The Balaban J connectivity index is 1.55. The molecule has 1 aromatic heterocycles. The lowest BCUT2D eigenvalue weighted by Gasteiger charge is -2.08. The van der Waals surface area contributed by atoms with Crippen LogP contribution in [0.2, 0.25) is 0 Å². The van der Waals surface area contributed by atoms with Crippen LogP contribution < -0.4 is 5.32 Å². The molecule has 8 heteroatoms. The molecule has 0 saturated carbocycles. The number of carbonyl (C=O) groups is 2. The normalized spacial score (nSPS) is 10.6. The van der Waals surface area contributed by atoms with E-state index in [1.165, 1.54) is 11.3 Å². The topological polar surface area (TPSA) is 68.3 Å². The number of amides is 1. The van der Waals surface area contributed by atoms with E-state index in [4.69, 9.17) is 4.74 Å². The van der Waals surface area contributed by atoms with Crippen LogP contribution >= 0.6 is 11.3 Å². The second-order valence-corrected chi connectivity index (χ2v) is 7.45. The Labute approximate surface area is 170 Å². The van der Waals surface area contributed by atoms with Crippen LogP contribution in [0.3, 0.4) is 0 Å². The molecule has 3 rings (SSSR count). The van der Waals surface area contributed by atoms with Gasteiger partial charge in [-0.3, -0.25) is 4.79 Å². The number of anilines is 1. The molecule has 0 spiro atoms. The maximum atomic E-state index is 13.2. The number of benzene rings is 2. The zero-order valence-corrected chi connectivity index (χ0v) is 16.6. The van der Waals surface area contributed by atoms with E-state index >= 15 is 0 Å². The second-order valence-electron chi connectivity index (χ2n) is 6.51. The summed E-state index contributed by atoms with van der Waals surface area (Å²) in [5.41, 5.74) is 3.00. The highest BCUT2D eigenvalue weighted by Crippen LogP contribution is 2.18. The van der Waals surface area contributed by atoms with Crippen LogP contribution in [0, 0.1) is 25.5 Å². The third-order valence-electron chi connectivity index (χ3n) is 4.03. The maximum Gasteiger partial charge on any atom is 0.338 e. The third-order valence-corrected chi connectivity index (χ3v) is 4.93. The molecule has 0 bridgehead atoms. The first kappa shape index (κ1) is 20.6. The molecule has 0 unspecified atom stereocenters. The highest BCUT2D eigenvalue weighted by atomic mass is 32.1. The highest BCUT2D eigenvalue weighted by Gasteiger charge is 2.13. The van der Waals surface area contributed by atoms with Gasteiger partial charge in [0.05, 0.1) is 17.7 Å². The van der Waals surface area contributed by atoms with Crippen LogP contribution in [0.4, 0.5) is 14.5 Å². The van der Waals surface area contributed by atoms with E-state index in [9.17, 15) is 18.4 Å². The van der Waals surface area contributed by atoms with Crippen molar-refractivity contribution in [3.05, 3.63) is 80.8 Å². The fourth-order valence-electron chi connectivity index (χ4n) is 2.59. The number of aromatic nitrogens is 1. The second kappa shape index (κ2) is 8.91. The van der Waals surface area contributed by atoms with E-state index in [1.54, 1.807) is 5.38 Å². The minimum Gasteiger partial charge on any atom is -0.456 e. The number of ether oxygens (including phenoxy) is 1. The molecule has 0 radical (unpaired) electrons. The standard InChI is InChI=1S/C21H18F2N2O3S/c1-12-3-4-13(2)18(5-12)25-19(26)9-20-24-17(11-29-20)10-28-21(27)14-6-15(22)8-16(23)7-14/h3-8,11H,9-10H2,1-2H3,(H,25,26). The van der Waals surface area contributed by atoms with Gasteiger partial charge in [-0.15, -0.1) is 11.3 Å². The molecule has 1 N–H and O–H groups in total. The fraction of sp³-hybridized carbons (Fsp3) is 0.190. The van der Waals surface area contributed by atoms with E-state index < -0.39 is 17.6 Å². The summed E-state index contributed by atoms with van der Waals surface area (Å²) in [5, 5.41) is 5.09. The van der Waals surface area contributed by atoms with E-state index in [1.807, 2.05) is 32.0 Å². The van der Waals surface area contributed by atoms with E-state index in [0.29, 0.717) is 16.8 Å². The molecule has 2 aromatic carbocycles. The van der Waals surface area contributed by atoms with Gasteiger partial charge < -0.3 is 10.1 Å². The average molecular weight is 416 g/mol. The smallest absolute Gasteiger partial charge is 0.338 e. The molecule has 0 fully saturated rings.